The first-order valence-electron chi connectivity index (χ1n) is 10.5. The van der Waals surface area contributed by atoms with E-state index < -0.39 is 0 Å². The average Bonchev–Trinajstić information content (AvgIpc) is 3.37. The van der Waals surface area contributed by atoms with Crippen LogP contribution < -0.4 is 9.47 Å². The summed E-state index contributed by atoms with van der Waals surface area (Å²) in [6.07, 6.45) is 3.34. The minimum absolute atomic E-state index is 0.0687. The Bertz CT molecular complexity index is 968. The summed E-state index contributed by atoms with van der Waals surface area (Å²) in [5.74, 6) is 2.12. The summed E-state index contributed by atoms with van der Waals surface area (Å²) < 4.78 is 21.9. The predicted molar refractivity (Wildman–Crippen MR) is 109 cm³/mol. The van der Waals surface area contributed by atoms with Crippen LogP contribution in [0.1, 0.15) is 45.7 Å². The van der Waals surface area contributed by atoms with E-state index in [1.165, 1.54) is 6.42 Å². The summed E-state index contributed by atoms with van der Waals surface area (Å²) in [6.45, 7) is 8.30. The summed E-state index contributed by atoms with van der Waals surface area (Å²) in [4.78, 5) is 14.8. The molecule has 7 nitrogen and oxygen atoms in total. The Balaban J connectivity index is 1.17. The minimum atomic E-state index is 0.0687. The van der Waals surface area contributed by atoms with Gasteiger partial charge in [0, 0.05) is 24.2 Å². The molecule has 0 spiro atoms. The molecule has 1 aromatic carbocycles. The van der Waals surface area contributed by atoms with Gasteiger partial charge in [-0.25, -0.2) is 0 Å². The van der Waals surface area contributed by atoms with Gasteiger partial charge in [-0.3, -0.25) is 4.79 Å². The van der Waals surface area contributed by atoms with Gasteiger partial charge in [0.15, 0.2) is 17.3 Å². The van der Waals surface area contributed by atoms with E-state index in [1.807, 2.05) is 29.2 Å². The number of ether oxygens (including phenoxy) is 3. The van der Waals surface area contributed by atoms with Gasteiger partial charge in [0.25, 0.3) is 0 Å². The molecule has 5 rings (SSSR count). The number of amides is 1. The molecule has 0 N–H and O–H groups in total. The predicted octanol–water partition coefficient (Wildman–Crippen LogP) is 4.01. The second-order valence-corrected chi connectivity index (χ2v) is 9.98. The van der Waals surface area contributed by atoms with Crippen LogP contribution >= 0.6 is 0 Å². The highest BCUT2D eigenvalue weighted by molar-refractivity contribution is 5.78. The van der Waals surface area contributed by atoms with E-state index in [0.29, 0.717) is 28.7 Å². The fraction of sp³-hybridized carbons (Fsp3) is 0.565. The summed E-state index contributed by atoms with van der Waals surface area (Å²) in [5, 5.41) is 4.07. The smallest absolute Gasteiger partial charge is 0.248 e. The van der Waals surface area contributed by atoms with Crippen LogP contribution in [0.2, 0.25) is 0 Å². The monoisotopic (exact) mass is 412 g/mol. The molecule has 2 aliphatic heterocycles. The van der Waals surface area contributed by atoms with Crippen molar-refractivity contribution in [1.29, 1.82) is 0 Å². The van der Waals surface area contributed by atoms with E-state index in [-0.39, 0.29) is 31.3 Å². The number of carbonyl (C=O) groups is 1. The number of hydrogen-bond donors (Lipinski definition) is 0. The van der Waals surface area contributed by atoms with Gasteiger partial charge < -0.3 is 23.6 Å². The van der Waals surface area contributed by atoms with Gasteiger partial charge in [-0.15, -0.1) is 0 Å². The molecular weight excluding hydrogens is 384 g/mol. The van der Waals surface area contributed by atoms with Crippen LogP contribution in [0.15, 0.2) is 28.8 Å². The van der Waals surface area contributed by atoms with Gasteiger partial charge in [-0.1, -0.05) is 25.9 Å². The lowest BCUT2D eigenvalue weighted by Gasteiger charge is -2.39. The first-order valence-corrected chi connectivity index (χ1v) is 10.5. The number of likely N-dealkylation sites (tertiary alicyclic amines) is 1. The van der Waals surface area contributed by atoms with E-state index in [2.05, 4.69) is 25.9 Å². The van der Waals surface area contributed by atoms with Crippen LogP contribution in [0.3, 0.4) is 0 Å². The first-order chi connectivity index (χ1) is 14.3. The lowest BCUT2D eigenvalue weighted by molar-refractivity contribution is -0.137. The fourth-order valence-electron chi connectivity index (χ4n) is 5.64. The number of nitrogens with zero attached hydrogens (tertiary/aromatic N) is 2. The van der Waals surface area contributed by atoms with Crippen molar-refractivity contribution in [3.8, 4) is 22.8 Å². The second kappa shape index (κ2) is 7.01. The van der Waals surface area contributed by atoms with E-state index in [9.17, 15) is 4.79 Å². The van der Waals surface area contributed by atoms with Gasteiger partial charge in [0.1, 0.15) is 12.3 Å². The summed E-state index contributed by atoms with van der Waals surface area (Å²) in [7, 11) is 0. The van der Waals surface area contributed by atoms with E-state index >= 15 is 0 Å². The lowest BCUT2D eigenvalue weighted by atomic mass is 9.65. The molecule has 2 bridgehead atoms. The van der Waals surface area contributed by atoms with Crippen molar-refractivity contribution in [2.45, 2.75) is 52.7 Å². The molecule has 3 heterocycles. The lowest BCUT2D eigenvalue weighted by Crippen LogP contribution is -2.39. The minimum Gasteiger partial charge on any atom is -0.454 e. The molecule has 7 heteroatoms. The van der Waals surface area contributed by atoms with E-state index in [1.54, 1.807) is 0 Å². The van der Waals surface area contributed by atoms with Crippen molar-refractivity contribution in [3.05, 3.63) is 30.0 Å². The average molecular weight is 412 g/mol. The van der Waals surface area contributed by atoms with Crippen LogP contribution in [-0.4, -0.2) is 42.0 Å². The zero-order valence-corrected chi connectivity index (χ0v) is 17.8. The molecule has 2 atom stereocenters. The zero-order valence-electron chi connectivity index (χ0n) is 17.8. The molecule has 2 aromatic rings. The molecule has 1 amide bonds. The van der Waals surface area contributed by atoms with Crippen molar-refractivity contribution in [2.24, 2.45) is 10.8 Å². The second-order valence-electron chi connectivity index (χ2n) is 9.98. The van der Waals surface area contributed by atoms with Gasteiger partial charge >= 0.3 is 0 Å². The Morgan fingerprint density at radius 2 is 2.03 bits per heavy atom. The van der Waals surface area contributed by atoms with E-state index in [0.717, 1.165) is 30.7 Å². The Labute approximate surface area is 176 Å². The molecule has 160 valence electrons. The Morgan fingerprint density at radius 1 is 1.20 bits per heavy atom. The molecule has 30 heavy (non-hydrogen) atoms. The molecule has 1 saturated heterocycles. The summed E-state index contributed by atoms with van der Waals surface area (Å²) in [5.41, 5.74) is 2.03. The highest BCUT2D eigenvalue weighted by Crippen LogP contribution is 2.52. The third kappa shape index (κ3) is 3.67. The van der Waals surface area contributed by atoms with Crippen molar-refractivity contribution in [1.82, 2.24) is 10.1 Å². The first kappa shape index (κ1) is 19.4. The maximum atomic E-state index is 12.8. The number of carbonyl (C=O) groups excluding carboxylic acids is 1. The van der Waals surface area contributed by atoms with Crippen LogP contribution in [-0.2, 0) is 16.1 Å². The zero-order chi connectivity index (χ0) is 20.9. The third-order valence-electron chi connectivity index (χ3n) is 6.43. The Hall–Kier alpha value is -2.54. The van der Waals surface area contributed by atoms with Crippen LogP contribution in [0.5, 0.6) is 11.5 Å². The number of aromatic nitrogens is 1. The maximum Gasteiger partial charge on any atom is 0.248 e. The fourth-order valence-corrected chi connectivity index (χ4v) is 5.64. The third-order valence-corrected chi connectivity index (χ3v) is 6.43. The number of fused-ring (bicyclic) bond motifs is 3. The van der Waals surface area contributed by atoms with Crippen LogP contribution in [0, 0.1) is 10.8 Å². The molecule has 0 radical (unpaired) electrons. The van der Waals surface area contributed by atoms with Gasteiger partial charge in [-0.2, -0.15) is 0 Å². The highest BCUT2D eigenvalue weighted by atomic mass is 16.7. The van der Waals surface area contributed by atoms with Crippen molar-refractivity contribution in [2.75, 3.05) is 19.9 Å². The molecule has 2 fully saturated rings. The number of hydrogen-bond acceptors (Lipinski definition) is 6. The van der Waals surface area contributed by atoms with Crippen molar-refractivity contribution < 1.29 is 23.5 Å². The molecule has 1 aromatic heterocycles. The maximum absolute atomic E-state index is 12.8. The summed E-state index contributed by atoms with van der Waals surface area (Å²) in [6, 6.07) is 7.78. The largest absolute Gasteiger partial charge is 0.454 e. The van der Waals surface area contributed by atoms with Crippen molar-refractivity contribution >= 4 is 5.91 Å². The van der Waals surface area contributed by atoms with Crippen molar-refractivity contribution in [3.63, 3.8) is 0 Å². The number of rotatable bonds is 5. The molecule has 1 saturated carbocycles. The van der Waals surface area contributed by atoms with E-state index in [4.69, 9.17) is 18.7 Å². The Kier molecular flexibility index (Phi) is 4.54. The van der Waals surface area contributed by atoms with Crippen LogP contribution in [0.4, 0.5) is 0 Å². The normalized spacial score (nSPS) is 26.2. The summed E-state index contributed by atoms with van der Waals surface area (Å²) >= 11 is 0. The highest BCUT2D eigenvalue weighted by Gasteiger charge is 2.50. The molecule has 0 unspecified atom stereocenters. The number of benzene rings is 1. The topological polar surface area (TPSA) is 74.0 Å². The molecule has 1 aliphatic carbocycles. The standard InChI is InChI=1S/C23H28N2O5/c1-22(2)8-17-9-23(3,12-22)13-25(17)21(26)11-27-10-16-7-19(30-24-16)15-4-5-18-20(6-15)29-14-28-18/h4-7,17H,8-14H2,1-3H3/t17-,23-/m0/s1. The SMILES string of the molecule is CC1(C)C[C@H]2C[C@](C)(CN2C(=O)COCc2cc(-c3ccc4c(c3)OCO4)on2)C1. The molecule has 3 aliphatic rings. The Morgan fingerprint density at radius 3 is 2.90 bits per heavy atom. The quantitative estimate of drug-likeness (QED) is 0.739. The molecular formula is C23H28N2O5. The van der Waals surface area contributed by atoms with Gasteiger partial charge in [0.2, 0.25) is 12.7 Å². The van der Waals surface area contributed by atoms with Gasteiger partial charge in [0.05, 0.1) is 6.61 Å². The van der Waals surface area contributed by atoms with Crippen LogP contribution in [0.25, 0.3) is 11.3 Å². The van der Waals surface area contributed by atoms with Gasteiger partial charge in [-0.05, 0) is 48.3 Å².